The molecule has 0 saturated carbocycles. The van der Waals surface area contributed by atoms with Gasteiger partial charge in [-0.3, -0.25) is 4.79 Å². The Morgan fingerprint density at radius 2 is 1.85 bits per heavy atom. The summed E-state index contributed by atoms with van der Waals surface area (Å²) in [5.41, 5.74) is 0. The summed E-state index contributed by atoms with van der Waals surface area (Å²) in [5, 5.41) is 10.2. The maximum Gasteiger partial charge on any atom is 0.308 e. The van der Waals surface area contributed by atoms with Crippen LogP contribution in [0, 0.1) is 0 Å². The highest BCUT2D eigenvalue weighted by Crippen LogP contribution is 2.33. The monoisotopic (exact) mass is 286 g/mol. The van der Waals surface area contributed by atoms with Crippen LogP contribution in [0.15, 0.2) is 0 Å². The predicted molar refractivity (Wildman–Crippen MR) is 73.1 cm³/mol. The molecule has 0 aromatic carbocycles. The highest BCUT2D eigenvalue weighted by atomic mass is 16.8. The zero-order chi connectivity index (χ0) is 14.8. The fourth-order valence-electron chi connectivity index (χ4n) is 2.98. The van der Waals surface area contributed by atoms with Gasteiger partial charge in [0.1, 0.15) is 6.10 Å². The van der Waals surface area contributed by atoms with Crippen LogP contribution < -0.4 is 0 Å². The number of aliphatic hydroxyl groups excluding tert-OH is 1. The molecule has 116 valence electrons. The van der Waals surface area contributed by atoms with Gasteiger partial charge in [-0.1, -0.05) is 12.8 Å². The first kappa shape index (κ1) is 15.7. The van der Waals surface area contributed by atoms with Crippen molar-refractivity contribution in [2.24, 2.45) is 0 Å². The first-order chi connectivity index (χ1) is 9.37. The standard InChI is InChI=1S/C15H26O5/c1-10-7-5-4-6-8-12-14(20-15(2,3)19-12)11(16)9-13(17)18-10/h10-12,14,16H,4-9H2,1-3H3/t10?,11?,12-,14+/m0/s1. The van der Waals surface area contributed by atoms with Gasteiger partial charge in [0, 0.05) is 0 Å². The summed E-state index contributed by atoms with van der Waals surface area (Å²) in [6.07, 6.45) is 3.29. The Morgan fingerprint density at radius 1 is 1.15 bits per heavy atom. The molecule has 2 heterocycles. The number of fused-ring (bicyclic) bond motifs is 1. The molecule has 1 N–H and O–H groups in total. The third kappa shape index (κ3) is 4.17. The molecule has 4 atom stereocenters. The van der Waals surface area contributed by atoms with E-state index in [1.165, 1.54) is 0 Å². The normalized spacial score (nSPS) is 39.3. The van der Waals surface area contributed by atoms with E-state index in [9.17, 15) is 9.90 Å². The van der Waals surface area contributed by atoms with Gasteiger partial charge in [0.05, 0.1) is 24.7 Å². The maximum atomic E-state index is 11.8. The van der Waals surface area contributed by atoms with Crippen molar-refractivity contribution in [3.8, 4) is 0 Å². The first-order valence-electron chi connectivity index (χ1n) is 7.60. The van der Waals surface area contributed by atoms with Crippen molar-refractivity contribution >= 4 is 5.97 Å². The van der Waals surface area contributed by atoms with Gasteiger partial charge in [0.25, 0.3) is 0 Å². The Morgan fingerprint density at radius 3 is 2.60 bits per heavy atom. The molecule has 2 unspecified atom stereocenters. The topological polar surface area (TPSA) is 65.0 Å². The molecule has 0 aromatic rings. The van der Waals surface area contributed by atoms with Crippen LogP contribution in [-0.4, -0.2) is 41.3 Å². The highest BCUT2D eigenvalue weighted by Gasteiger charge is 2.45. The maximum absolute atomic E-state index is 11.8. The minimum Gasteiger partial charge on any atom is -0.463 e. The largest absolute Gasteiger partial charge is 0.463 e. The van der Waals surface area contributed by atoms with Crippen molar-refractivity contribution in [3.63, 3.8) is 0 Å². The van der Waals surface area contributed by atoms with E-state index in [1.807, 2.05) is 20.8 Å². The lowest BCUT2D eigenvalue weighted by molar-refractivity contribution is -0.163. The molecule has 2 fully saturated rings. The molecule has 20 heavy (non-hydrogen) atoms. The molecule has 2 aliphatic heterocycles. The first-order valence-corrected chi connectivity index (χ1v) is 7.60. The van der Waals surface area contributed by atoms with Crippen LogP contribution >= 0.6 is 0 Å². The summed E-state index contributed by atoms with van der Waals surface area (Å²) in [6, 6.07) is 0. The molecule has 2 aliphatic rings. The van der Waals surface area contributed by atoms with E-state index in [0.717, 1.165) is 32.1 Å². The molecule has 0 bridgehead atoms. The van der Waals surface area contributed by atoms with E-state index in [0.29, 0.717) is 0 Å². The van der Waals surface area contributed by atoms with Gasteiger partial charge in [0.2, 0.25) is 0 Å². The summed E-state index contributed by atoms with van der Waals surface area (Å²) in [4.78, 5) is 11.8. The average molecular weight is 286 g/mol. The van der Waals surface area contributed by atoms with E-state index in [4.69, 9.17) is 14.2 Å². The van der Waals surface area contributed by atoms with Crippen molar-refractivity contribution < 1.29 is 24.1 Å². The summed E-state index contributed by atoms with van der Waals surface area (Å²) < 4.78 is 16.9. The Labute approximate surface area is 120 Å². The van der Waals surface area contributed by atoms with E-state index in [2.05, 4.69) is 0 Å². The van der Waals surface area contributed by atoms with Gasteiger partial charge in [-0.15, -0.1) is 0 Å². The number of esters is 1. The molecule has 0 aromatic heterocycles. The van der Waals surface area contributed by atoms with Gasteiger partial charge in [-0.25, -0.2) is 0 Å². The number of carbonyl (C=O) groups is 1. The van der Waals surface area contributed by atoms with Crippen LogP contribution in [0.5, 0.6) is 0 Å². The van der Waals surface area contributed by atoms with Crippen LogP contribution in [0.4, 0.5) is 0 Å². The molecule has 0 radical (unpaired) electrons. The highest BCUT2D eigenvalue weighted by molar-refractivity contribution is 5.70. The number of carbonyl (C=O) groups excluding carboxylic acids is 1. The number of hydrogen-bond donors (Lipinski definition) is 1. The van der Waals surface area contributed by atoms with Crippen LogP contribution in [0.2, 0.25) is 0 Å². The molecule has 0 amide bonds. The summed E-state index contributed by atoms with van der Waals surface area (Å²) in [7, 11) is 0. The minimum atomic E-state index is -0.874. The van der Waals surface area contributed by atoms with Crippen LogP contribution in [0.3, 0.4) is 0 Å². The lowest BCUT2D eigenvalue weighted by Crippen LogP contribution is -2.37. The van der Waals surface area contributed by atoms with Crippen LogP contribution in [-0.2, 0) is 19.0 Å². The number of rotatable bonds is 0. The number of cyclic esters (lactones) is 1. The van der Waals surface area contributed by atoms with E-state index in [-0.39, 0.29) is 24.6 Å². The predicted octanol–water partition coefficient (Wildman–Crippen LogP) is 2.15. The van der Waals surface area contributed by atoms with Gasteiger partial charge < -0.3 is 19.3 Å². The summed E-state index contributed by atoms with van der Waals surface area (Å²) >= 11 is 0. The summed E-state index contributed by atoms with van der Waals surface area (Å²) in [6.45, 7) is 5.58. The van der Waals surface area contributed by atoms with Gasteiger partial charge in [-0.05, 0) is 40.0 Å². The Hall–Kier alpha value is -0.650. The van der Waals surface area contributed by atoms with Crippen molar-refractivity contribution in [2.45, 2.75) is 89.5 Å². The Balaban J connectivity index is 2.05. The zero-order valence-electron chi connectivity index (χ0n) is 12.6. The van der Waals surface area contributed by atoms with Crippen molar-refractivity contribution in [1.82, 2.24) is 0 Å². The fraction of sp³-hybridized carbons (Fsp3) is 0.933. The van der Waals surface area contributed by atoms with Crippen LogP contribution in [0.1, 0.15) is 59.3 Å². The minimum absolute atomic E-state index is 0.0368. The lowest BCUT2D eigenvalue weighted by atomic mass is 9.99. The molecule has 5 nitrogen and oxygen atoms in total. The van der Waals surface area contributed by atoms with E-state index in [1.54, 1.807) is 0 Å². The van der Waals surface area contributed by atoms with Gasteiger partial charge in [-0.2, -0.15) is 0 Å². The zero-order valence-corrected chi connectivity index (χ0v) is 12.6. The summed E-state index contributed by atoms with van der Waals surface area (Å²) in [5.74, 6) is -1.06. The molecule has 0 aliphatic carbocycles. The number of hydrogen-bond acceptors (Lipinski definition) is 5. The smallest absolute Gasteiger partial charge is 0.308 e. The number of ether oxygens (including phenoxy) is 3. The molecule has 5 heteroatoms. The van der Waals surface area contributed by atoms with Gasteiger partial charge in [0.15, 0.2) is 5.79 Å². The Kier molecular flexibility index (Phi) is 5.04. The quantitative estimate of drug-likeness (QED) is 0.691. The third-order valence-corrected chi connectivity index (χ3v) is 3.91. The third-order valence-electron chi connectivity index (χ3n) is 3.91. The molecule has 2 rings (SSSR count). The molecule has 0 spiro atoms. The average Bonchev–Trinajstić information content (AvgIpc) is 2.62. The second kappa shape index (κ2) is 6.41. The second-order valence-electron chi connectivity index (χ2n) is 6.35. The molecular weight excluding hydrogens is 260 g/mol. The van der Waals surface area contributed by atoms with Crippen molar-refractivity contribution in [3.05, 3.63) is 0 Å². The van der Waals surface area contributed by atoms with E-state index < -0.39 is 18.0 Å². The SMILES string of the molecule is CC1CCCCC[C@@H]2OC(C)(C)O[C@@H]2C(O)CC(=O)O1. The van der Waals surface area contributed by atoms with Gasteiger partial charge >= 0.3 is 5.97 Å². The molecular formula is C15H26O5. The fourth-order valence-corrected chi connectivity index (χ4v) is 2.98. The Bertz CT molecular complexity index is 341. The second-order valence-corrected chi connectivity index (χ2v) is 6.35. The number of aliphatic hydroxyl groups is 1. The van der Waals surface area contributed by atoms with Crippen molar-refractivity contribution in [1.29, 1.82) is 0 Å². The molecule has 2 saturated heterocycles. The van der Waals surface area contributed by atoms with Crippen molar-refractivity contribution in [2.75, 3.05) is 0 Å². The lowest BCUT2D eigenvalue weighted by Gasteiger charge is -2.23. The van der Waals surface area contributed by atoms with E-state index >= 15 is 0 Å². The van der Waals surface area contributed by atoms with Crippen LogP contribution in [0.25, 0.3) is 0 Å².